The molecule has 5 nitrogen and oxygen atoms in total. The lowest BCUT2D eigenvalue weighted by Gasteiger charge is -2.42. The highest BCUT2D eigenvalue weighted by molar-refractivity contribution is 8.93. The Bertz CT molecular complexity index is 843. The van der Waals surface area contributed by atoms with Gasteiger partial charge in [-0.05, 0) is 68.5 Å². The second-order valence-electron chi connectivity index (χ2n) is 8.52. The number of rotatable bonds is 7. The molecule has 1 aromatic rings. The first-order valence-electron chi connectivity index (χ1n) is 11.1. The number of esters is 1. The molecule has 3 rings (SSSR count). The summed E-state index contributed by atoms with van der Waals surface area (Å²) in [6.07, 6.45) is 7.16. The van der Waals surface area contributed by atoms with Crippen LogP contribution in [0.3, 0.4) is 0 Å². The highest BCUT2D eigenvalue weighted by Crippen LogP contribution is 2.32. The van der Waals surface area contributed by atoms with Gasteiger partial charge in [-0.3, -0.25) is 14.5 Å². The predicted molar refractivity (Wildman–Crippen MR) is 135 cm³/mol. The van der Waals surface area contributed by atoms with Crippen LogP contribution in [0.1, 0.15) is 51.5 Å². The Kier molecular flexibility index (Phi) is 10.5. The van der Waals surface area contributed by atoms with Gasteiger partial charge < -0.3 is 9.64 Å². The first-order valence-corrected chi connectivity index (χ1v) is 11.9. The summed E-state index contributed by atoms with van der Waals surface area (Å²) >= 11 is 12.1. The third-order valence-corrected chi connectivity index (χ3v) is 7.13. The first kappa shape index (κ1) is 27.2. The van der Waals surface area contributed by atoms with E-state index in [2.05, 4.69) is 11.0 Å². The molecule has 1 saturated heterocycles. The van der Waals surface area contributed by atoms with Gasteiger partial charge in [0.05, 0.1) is 22.5 Å². The van der Waals surface area contributed by atoms with E-state index in [0.29, 0.717) is 10.0 Å². The summed E-state index contributed by atoms with van der Waals surface area (Å²) in [4.78, 5) is 29.0. The van der Waals surface area contributed by atoms with E-state index in [4.69, 9.17) is 27.9 Å². The molecule has 178 valence electrons. The molecule has 1 heterocycles. The van der Waals surface area contributed by atoms with Gasteiger partial charge in [0.15, 0.2) is 0 Å². The van der Waals surface area contributed by atoms with E-state index in [1.54, 1.807) is 12.1 Å². The van der Waals surface area contributed by atoms with Crippen LogP contribution in [0.15, 0.2) is 29.8 Å². The molecule has 8 heteroatoms. The summed E-state index contributed by atoms with van der Waals surface area (Å²) in [7, 11) is 1.90. The molecule has 0 aromatic heterocycles. The van der Waals surface area contributed by atoms with E-state index >= 15 is 0 Å². The Morgan fingerprint density at radius 2 is 1.91 bits per heavy atom. The lowest BCUT2D eigenvalue weighted by Crippen LogP contribution is -2.53. The number of benzene rings is 1. The minimum absolute atomic E-state index is 0. The van der Waals surface area contributed by atoms with Crippen LogP contribution in [0, 0.1) is 0 Å². The molecule has 0 bridgehead atoms. The Labute approximate surface area is 211 Å². The van der Waals surface area contributed by atoms with Crippen molar-refractivity contribution in [3.05, 3.63) is 45.5 Å². The predicted octanol–water partition coefficient (Wildman–Crippen LogP) is 5.47. The molecular weight excluding hydrogens is 515 g/mol. The van der Waals surface area contributed by atoms with Gasteiger partial charge in [-0.2, -0.15) is 0 Å². The van der Waals surface area contributed by atoms with Crippen LogP contribution in [0.2, 0.25) is 10.0 Å². The summed E-state index contributed by atoms with van der Waals surface area (Å²) in [5, 5.41) is 0.953. The van der Waals surface area contributed by atoms with E-state index in [-0.39, 0.29) is 53.5 Å². The lowest BCUT2D eigenvalue weighted by atomic mass is 9.86. The molecule has 1 aromatic carbocycles. The minimum Gasteiger partial charge on any atom is -0.458 e. The fraction of sp³-hybridized carbons (Fsp3) is 0.583. The molecule has 1 aliphatic carbocycles. The highest BCUT2D eigenvalue weighted by atomic mass is 79.9. The standard InChI is InChI=1S/C24H32Cl2N2O3.BrH/c1-4-23(31-16(2)29)18-8-10-21(22(15-18)28-11-5-6-12-28)27(3)24(30)14-17-7-9-19(25)20(26)13-17;/h7,9,13,15,21-23H,4-6,8,10-12,14H2,1-3H3;1H. The fourth-order valence-corrected chi connectivity index (χ4v) is 5.05. The van der Waals surface area contributed by atoms with Crippen LogP contribution in [-0.4, -0.2) is 60.0 Å². The van der Waals surface area contributed by atoms with E-state index < -0.39 is 0 Å². The summed E-state index contributed by atoms with van der Waals surface area (Å²) in [6.45, 7) is 5.56. The number of carbonyl (C=O) groups is 2. The maximum Gasteiger partial charge on any atom is 0.303 e. The zero-order valence-corrected chi connectivity index (χ0v) is 22.2. The van der Waals surface area contributed by atoms with Gasteiger partial charge in [-0.1, -0.05) is 42.3 Å². The van der Waals surface area contributed by atoms with Gasteiger partial charge in [-0.15, -0.1) is 17.0 Å². The fourth-order valence-electron chi connectivity index (χ4n) is 4.73. The number of nitrogens with zero attached hydrogens (tertiary/aromatic N) is 2. The summed E-state index contributed by atoms with van der Waals surface area (Å²) in [5.41, 5.74) is 2.04. The third-order valence-electron chi connectivity index (χ3n) is 6.39. The lowest BCUT2D eigenvalue weighted by molar-refractivity contribution is -0.144. The van der Waals surface area contributed by atoms with E-state index in [1.807, 2.05) is 24.9 Å². The zero-order chi connectivity index (χ0) is 22.5. The van der Waals surface area contributed by atoms with Crippen LogP contribution >= 0.6 is 40.2 Å². The monoisotopic (exact) mass is 546 g/mol. The number of ether oxygens (including phenoxy) is 1. The summed E-state index contributed by atoms with van der Waals surface area (Å²) in [6, 6.07) is 5.57. The smallest absolute Gasteiger partial charge is 0.303 e. The van der Waals surface area contributed by atoms with Gasteiger partial charge in [0.2, 0.25) is 5.91 Å². The van der Waals surface area contributed by atoms with Crippen LogP contribution in [0.5, 0.6) is 0 Å². The Balaban J connectivity index is 0.00000363. The van der Waals surface area contributed by atoms with Crippen LogP contribution < -0.4 is 0 Å². The molecule has 3 atom stereocenters. The number of likely N-dealkylation sites (N-methyl/N-ethyl adjacent to an activating group) is 1. The normalized spacial score (nSPS) is 22.0. The third kappa shape index (κ3) is 6.72. The SMILES string of the molecule is Br.CCC(OC(C)=O)C1=CC(N2CCCC2)C(N(C)C(=O)Cc2ccc(Cl)c(Cl)c2)CC1. The molecule has 0 N–H and O–H groups in total. The summed E-state index contributed by atoms with van der Waals surface area (Å²) in [5.74, 6) is -0.182. The number of carbonyl (C=O) groups excluding carboxylic acids is 2. The summed E-state index contributed by atoms with van der Waals surface area (Å²) < 4.78 is 5.56. The highest BCUT2D eigenvalue weighted by Gasteiger charge is 2.36. The largest absolute Gasteiger partial charge is 0.458 e. The van der Waals surface area contributed by atoms with Crippen molar-refractivity contribution in [3.63, 3.8) is 0 Å². The van der Waals surface area contributed by atoms with Gasteiger partial charge in [0.25, 0.3) is 0 Å². The first-order chi connectivity index (χ1) is 14.8. The van der Waals surface area contributed by atoms with Crippen molar-refractivity contribution in [2.45, 2.75) is 70.6 Å². The van der Waals surface area contributed by atoms with Crippen LogP contribution in [-0.2, 0) is 20.7 Å². The van der Waals surface area contributed by atoms with Crippen molar-refractivity contribution in [3.8, 4) is 0 Å². The molecule has 1 amide bonds. The van der Waals surface area contributed by atoms with Crippen molar-refractivity contribution < 1.29 is 14.3 Å². The number of amides is 1. The van der Waals surface area contributed by atoms with Crippen molar-refractivity contribution in [2.24, 2.45) is 0 Å². The van der Waals surface area contributed by atoms with Gasteiger partial charge in [-0.25, -0.2) is 0 Å². The number of likely N-dealkylation sites (tertiary alicyclic amines) is 1. The molecule has 0 radical (unpaired) electrons. The molecule has 1 aliphatic heterocycles. The number of hydrogen-bond donors (Lipinski definition) is 0. The van der Waals surface area contributed by atoms with Crippen molar-refractivity contribution in [1.29, 1.82) is 0 Å². The Morgan fingerprint density at radius 3 is 2.50 bits per heavy atom. The van der Waals surface area contributed by atoms with Gasteiger partial charge in [0, 0.05) is 20.0 Å². The van der Waals surface area contributed by atoms with Crippen molar-refractivity contribution in [1.82, 2.24) is 9.80 Å². The topological polar surface area (TPSA) is 49.9 Å². The quantitative estimate of drug-likeness (QED) is 0.335. The molecule has 2 aliphatic rings. The zero-order valence-electron chi connectivity index (χ0n) is 19.0. The number of hydrogen-bond acceptors (Lipinski definition) is 4. The van der Waals surface area contributed by atoms with Crippen LogP contribution in [0.4, 0.5) is 0 Å². The van der Waals surface area contributed by atoms with E-state index in [0.717, 1.165) is 37.9 Å². The van der Waals surface area contributed by atoms with E-state index in [1.165, 1.54) is 25.3 Å². The van der Waals surface area contributed by atoms with Crippen molar-refractivity contribution >= 4 is 52.1 Å². The molecule has 3 unspecified atom stereocenters. The van der Waals surface area contributed by atoms with Gasteiger partial charge >= 0.3 is 5.97 Å². The average Bonchev–Trinajstić information content (AvgIpc) is 3.28. The molecule has 0 saturated carbocycles. The number of halogens is 3. The molecule has 32 heavy (non-hydrogen) atoms. The van der Waals surface area contributed by atoms with Crippen molar-refractivity contribution in [2.75, 3.05) is 20.1 Å². The molecular formula is C24H33BrCl2N2O3. The Hall–Kier alpha value is -1.08. The molecule has 1 fully saturated rings. The maximum atomic E-state index is 13.1. The average molecular weight is 548 g/mol. The van der Waals surface area contributed by atoms with E-state index in [9.17, 15) is 9.59 Å². The minimum atomic E-state index is -0.249. The van der Waals surface area contributed by atoms with Crippen LogP contribution in [0.25, 0.3) is 0 Å². The second kappa shape index (κ2) is 12.4. The second-order valence-corrected chi connectivity index (χ2v) is 9.33. The van der Waals surface area contributed by atoms with Gasteiger partial charge in [0.1, 0.15) is 6.10 Å². The Morgan fingerprint density at radius 1 is 1.22 bits per heavy atom. The molecule has 0 spiro atoms. The maximum absolute atomic E-state index is 13.1.